The second-order valence-electron chi connectivity index (χ2n) is 10.4. The van der Waals surface area contributed by atoms with Crippen molar-refractivity contribution in [2.24, 2.45) is 11.3 Å². The highest BCUT2D eigenvalue weighted by Gasteiger charge is 2.34. The third-order valence-corrected chi connectivity index (χ3v) is 5.51. The Balaban J connectivity index is 5.43. The van der Waals surface area contributed by atoms with Gasteiger partial charge in [-0.3, -0.25) is 9.59 Å². The van der Waals surface area contributed by atoms with E-state index in [4.69, 9.17) is 9.47 Å². The molecule has 0 aromatic heterocycles. The Kier molecular flexibility index (Phi) is 13.4. The third kappa shape index (κ3) is 12.2. The molecule has 2 amide bonds. The standard InChI is InChI=1S/C26H45FN2O4/c1-11-13-20(19(3)27)16-22(25(4,5)6)29-24(31)18(2)23(32-10)21(28-17-30)14-12-15-33-26(7,8)9/h11,13,17-18,21-23H,1,3,12,14-16H2,2,4-10H3,(H,28,30)(H,29,31)/b20-13-. The molecule has 6 nitrogen and oxygen atoms in total. The SMILES string of the molecule is C=C/C=C(/CC(NC(=O)C(C)C(OC)C(CCCOC(C)(C)C)NC=O)C(C)(C)C)C(=C)F. The Bertz CT molecular complexity index is 677. The van der Waals surface area contributed by atoms with E-state index >= 15 is 0 Å². The average molecular weight is 469 g/mol. The average Bonchev–Trinajstić information content (AvgIpc) is 2.68. The first-order valence-corrected chi connectivity index (χ1v) is 11.5. The fourth-order valence-corrected chi connectivity index (χ4v) is 3.49. The molecule has 0 bridgehead atoms. The molecule has 0 aromatic carbocycles. The van der Waals surface area contributed by atoms with Crippen LogP contribution in [-0.2, 0) is 19.1 Å². The molecule has 0 spiro atoms. The summed E-state index contributed by atoms with van der Waals surface area (Å²) < 4.78 is 25.3. The summed E-state index contributed by atoms with van der Waals surface area (Å²) in [6, 6.07) is -0.701. The number of amides is 2. The van der Waals surface area contributed by atoms with Crippen molar-refractivity contribution in [3.05, 3.63) is 36.7 Å². The van der Waals surface area contributed by atoms with E-state index in [0.717, 1.165) is 0 Å². The summed E-state index contributed by atoms with van der Waals surface area (Å²) >= 11 is 0. The van der Waals surface area contributed by atoms with Gasteiger partial charge in [0, 0.05) is 19.8 Å². The Hall–Kier alpha value is -1.99. The Morgan fingerprint density at radius 2 is 1.79 bits per heavy atom. The molecule has 190 valence electrons. The zero-order chi connectivity index (χ0) is 25.8. The van der Waals surface area contributed by atoms with Crippen LogP contribution in [0.2, 0.25) is 0 Å². The van der Waals surface area contributed by atoms with Gasteiger partial charge in [0.2, 0.25) is 12.3 Å². The van der Waals surface area contributed by atoms with E-state index in [1.807, 2.05) is 41.5 Å². The summed E-state index contributed by atoms with van der Waals surface area (Å²) in [6.45, 7) is 21.2. The van der Waals surface area contributed by atoms with Gasteiger partial charge in [0.1, 0.15) is 5.83 Å². The van der Waals surface area contributed by atoms with Gasteiger partial charge in [-0.25, -0.2) is 4.39 Å². The first-order chi connectivity index (χ1) is 15.2. The van der Waals surface area contributed by atoms with Crippen LogP contribution in [0.1, 0.15) is 67.7 Å². The Morgan fingerprint density at radius 3 is 2.21 bits per heavy atom. The smallest absolute Gasteiger partial charge is 0.225 e. The highest BCUT2D eigenvalue weighted by Crippen LogP contribution is 2.28. The van der Waals surface area contributed by atoms with E-state index in [2.05, 4.69) is 23.8 Å². The zero-order valence-electron chi connectivity index (χ0n) is 21.8. The topological polar surface area (TPSA) is 76.7 Å². The number of rotatable bonds is 15. The van der Waals surface area contributed by atoms with Crippen LogP contribution < -0.4 is 10.6 Å². The lowest BCUT2D eigenvalue weighted by Gasteiger charge is -2.35. The molecule has 33 heavy (non-hydrogen) atoms. The fourth-order valence-electron chi connectivity index (χ4n) is 3.49. The van der Waals surface area contributed by atoms with Gasteiger partial charge in [0.15, 0.2) is 0 Å². The van der Waals surface area contributed by atoms with Crippen molar-refractivity contribution in [2.75, 3.05) is 13.7 Å². The largest absolute Gasteiger partial charge is 0.379 e. The number of halogens is 1. The van der Waals surface area contributed by atoms with Crippen LogP contribution in [0, 0.1) is 11.3 Å². The molecule has 0 rings (SSSR count). The number of carbonyl (C=O) groups excluding carboxylic acids is 2. The molecule has 2 N–H and O–H groups in total. The second kappa shape index (κ2) is 14.3. The molecule has 0 saturated heterocycles. The Morgan fingerprint density at radius 1 is 1.18 bits per heavy atom. The number of allylic oxidation sites excluding steroid dienone is 3. The van der Waals surface area contributed by atoms with E-state index in [1.54, 1.807) is 13.0 Å². The quantitative estimate of drug-likeness (QED) is 0.204. The van der Waals surface area contributed by atoms with Crippen LogP contribution in [0.25, 0.3) is 0 Å². The molecule has 0 radical (unpaired) electrons. The van der Waals surface area contributed by atoms with Gasteiger partial charge in [-0.05, 0) is 51.0 Å². The predicted octanol–water partition coefficient (Wildman–Crippen LogP) is 4.86. The van der Waals surface area contributed by atoms with Gasteiger partial charge in [-0.15, -0.1) is 0 Å². The lowest BCUT2D eigenvalue weighted by atomic mass is 9.82. The highest BCUT2D eigenvalue weighted by atomic mass is 19.1. The first kappa shape index (κ1) is 31.0. The number of methoxy groups -OCH3 is 1. The summed E-state index contributed by atoms with van der Waals surface area (Å²) in [5.41, 5.74) is -0.188. The molecular formula is C26H45FN2O4. The normalized spacial score (nSPS) is 16.3. The molecular weight excluding hydrogens is 423 g/mol. The van der Waals surface area contributed by atoms with E-state index in [-0.39, 0.29) is 35.4 Å². The molecule has 4 atom stereocenters. The minimum Gasteiger partial charge on any atom is -0.379 e. The van der Waals surface area contributed by atoms with Crippen LogP contribution in [0.4, 0.5) is 4.39 Å². The molecule has 0 heterocycles. The van der Waals surface area contributed by atoms with E-state index in [1.165, 1.54) is 13.2 Å². The predicted molar refractivity (Wildman–Crippen MR) is 132 cm³/mol. The first-order valence-electron chi connectivity index (χ1n) is 11.5. The Labute approximate surface area is 200 Å². The van der Waals surface area contributed by atoms with Crippen LogP contribution in [-0.4, -0.2) is 49.8 Å². The summed E-state index contributed by atoms with van der Waals surface area (Å²) in [5.74, 6) is -1.33. The van der Waals surface area contributed by atoms with Gasteiger partial charge < -0.3 is 20.1 Å². The number of ether oxygens (including phenoxy) is 2. The lowest BCUT2D eigenvalue weighted by molar-refractivity contribution is -0.132. The second-order valence-corrected chi connectivity index (χ2v) is 10.4. The lowest BCUT2D eigenvalue weighted by Crippen LogP contribution is -2.52. The number of hydrogen-bond donors (Lipinski definition) is 2. The third-order valence-electron chi connectivity index (χ3n) is 5.51. The van der Waals surface area contributed by atoms with Gasteiger partial charge >= 0.3 is 0 Å². The van der Waals surface area contributed by atoms with Crippen molar-refractivity contribution >= 4 is 12.3 Å². The molecule has 7 heteroatoms. The maximum absolute atomic E-state index is 13.9. The summed E-state index contributed by atoms with van der Waals surface area (Å²) in [7, 11) is 1.53. The minimum absolute atomic E-state index is 0.229. The van der Waals surface area contributed by atoms with Crippen LogP contribution in [0.3, 0.4) is 0 Å². The summed E-state index contributed by atoms with van der Waals surface area (Å²) in [6.07, 6.45) is 4.74. The number of hydrogen-bond acceptors (Lipinski definition) is 4. The van der Waals surface area contributed by atoms with Gasteiger partial charge in [-0.1, -0.05) is 53.0 Å². The molecule has 0 fully saturated rings. The van der Waals surface area contributed by atoms with Crippen molar-refractivity contribution in [3.63, 3.8) is 0 Å². The van der Waals surface area contributed by atoms with E-state index < -0.39 is 17.8 Å². The van der Waals surface area contributed by atoms with Crippen molar-refractivity contribution < 1.29 is 23.5 Å². The summed E-state index contributed by atoms with van der Waals surface area (Å²) in [4.78, 5) is 24.4. The highest BCUT2D eigenvalue weighted by molar-refractivity contribution is 5.79. The molecule has 0 aromatic rings. The van der Waals surface area contributed by atoms with Crippen LogP contribution >= 0.6 is 0 Å². The molecule has 0 aliphatic carbocycles. The van der Waals surface area contributed by atoms with Gasteiger partial charge in [-0.2, -0.15) is 0 Å². The van der Waals surface area contributed by atoms with Crippen molar-refractivity contribution in [1.82, 2.24) is 10.6 Å². The number of carbonyl (C=O) groups is 2. The molecule has 0 aliphatic heterocycles. The van der Waals surface area contributed by atoms with Gasteiger partial charge in [0.05, 0.1) is 23.7 Å². The minimum atomic E-state index is -0.554. The van der Waals surface area contributed by atoms with E-state index in [0.29, 0.717) is 31.4 Å². The fraction of sp³-hybridized carbons (Fsp3) is 0.692. The maximum Gasteiger partial charge on any atom is 0.225 e. The van der Waals surface area contributed by atoms with Crippen molar-refractivity contribution in [1.29, 1.82) is 0 Å². The van der Waals surface area contributed by atoms with Crippen molar-refractivity contribution in [2.45, 2.75) is 91.5 Å². The monoisotopic (exact) mass is 468 g/mol. The van der Waals surface area contributed by atoms with E-state index in [9.17, 15) is 14.0 Å². The molecule has 0 aliphatic rings. The number of nitrogens with one attached hydrogen (secondary N) is 2. The van der Waals surface area contributed by atoms with Crippen molar-refractivity contribution in [3.8, 4) is 0 Å². The van der Waals surface area contributed by atoms with Crippen LogP contribution in [0.5, 0.6) is 0 Å². The molecule has 4 unspecified atom stereocenters. The summed E-state index contributed by atoms with van der Waals surface area (Å²) in [5, 5.41) is 5.85. The van der Waals surface area contributed by atoms with Gasteiger partial charge in [0.25, 0.3) is 0 Å². The maximum atomic E-state index is 13.9. The molecule has 0 saturated carbocycles. The zero-order valence-corrected chi connectivity index (χ0v) is 21.8. The van der Waals surface area contributed by atoms with Crippen LogP contribution in [0.15, 0.2) is 36.7 Å².